The number of fused-ring (bicyclic) bond motifs is 1. The molecule has 3 rings (SSSR count). The Morgan fingerprint density at radius 3 is 2.48 bits per heavy atom. The van der Waals surface area contributed by atoms with Gasteiger partial charge in [0.1, 0.15) is 11.9 Å². The second-order valence-electron chi connectivity index (χ2n) is 6.60. The average molecular weight is 367 g/mol. The van der Waals surface area contributed by atoms with Crippen LogP contribution in [0.4, 0.5) is 4.39 Å². The molecule has 0 spiro atoms. The summed E-state index contributed by atoms with van der Waals surface area (Å²) in [5.74, 6) is -0.885. The minimum Gasteiger partial charge on any atom is -0.361 e. The van der Waals surface area contributed by atoms with E-state index in [2.05, 4.69) is 15.6 Å². The fraction of sp³-hybridized carbons (Fsp3) is 0.238. The van der Waals surface area contributed by atoms with Gasteiger partial charge >= 0.3 is 0 Å². The third-order valence-corrected chi connectivity index (χ3v) is 4.52. The van der Waals surface area contributed by atoms with Gasteiger partial charge in [0.15, 0.2) is 0 Å². The van der Waals surface area contributed by atoms with E-state index in [4.69, 9.17) is 0 Å². The van der Waals surface area contributed by atoms with Crippen LogP contribution in [0.3, 0.4) is 0 Å². The fourth-order valence-corrected chi connectivity index (χ4v) is 3.12. The van der Waals surface area contributed by atoms with Crippen molar-refractivity contribution in [2.75, 3.05) is 0 Å². The van der Waals surface area contributed by atoms with Gasteiger partial charge in [-0.2, -0.15) is 0 Å². The Bertz CT molecular complexity index is 949. The molecule has 3 N–H and O–H groups in total. The number of H-pyrrole nitrogens is 1. The number of carbonyl (C=O) groups is 2. The zero-order valence-corrected chi connectivity index (χ0v) is 15.3. The summed E-state index contributed by atoms with van der Waals surface area (Å²) in [6.45, 7) is 3.21. The van der Waals surface area contributed by atoms with Crippen molar-refractivity contribution in [3.63, 3.8) is 0 Å². The van der Waals surface area contributed by atoms with Gasteiger partial charge in [0.2, 0.25) is 11.8 Å². The summed E-state index contributed by atoms with van der Waals surface area (Å²) >= 11 is 0. The molecule has 1 heterocycles. The molecule has 0 fully saturated rings. The SMILES string of the molecule is CC(=O)NC(Cc1c[nH]c2ccccc12)C(=O)NC(C)c1ccc(F)cc1. The molecule has 1 aromatic heterocycles. The fourth-order valence-electron chi connectivity index (χ4n) is 3.12. The molecule has 3 aromatic rings. The second-order valence-corrected chi connectivity index (χ2v) is 6.60. The topological polar surface area (TPSA) is 74.0 Å². The van der Waals surface area contributed by atoms with Gasteiger partial charge in [-0.1, -0.05) is 30.3 Å². The minimum absolute atomic E-state index is 0.274. The number of amides is 2. The van der Waals surface area contributed by atoms with Gasteiger partial charge in [-0.3, -0.25) is 9.59 Å². The molecule has 2 unspecified atom stereocenters. The van der Waals surface area contributed by atoms with Gasteiger partial charge in [0.25, 0.3) is 0 Å². The number of para-hydroxylation sites is 1. The molecule has 0 bridgehead atoms. The van der Waals surface area contributed by atoms with Crippen LogP contribution < -0.4 is 10.6 Å². The van der Waals surface area contributed by atoms with Gasteiger partial charge < -0.3 is 15.6 Å². The molecule has 0 aliphatic heterocycles. The van der Waals surface area contributed by atoms with E-state index < -0.39 is 6.04 Å². The largest absolute Gasteiger partial charge is 0.361 e. The molecule has 2 atom stereocenters. The average Bonchev–Trinajstić information content (AvgIpc) is 3.04. The standard InChI is InChI=1S/C21H22FN3O2/c1-13(15-7-9-17(22)10-8-15)24-21(27)20(25-14(2)26)11-16-12-23-19-6-4-3-5-18(16)19/h3-10,12-13,20,23H,11H2,1-2H3,(H,24,27)(H,25,26). The van der Waals surface area contributed by atoms with Crippen LogP contribution in [0.2, 0.25) is 0 Å². The first-order valence-corrected chi connectivity index (χ1v) is 8.82. The van der Waals surface area contributed by atoms with Crippen molar-refractivity contribution in [1.29, 1.82) is 0 Å². The zero-order chi connectivity index (χ0) is 19.4. The summed E-state index contributed by atoms with van der Waals surface area (Å²) < 4.78 is 13.1. The quantitative estimate of drug-likeness (QED) is 0.626. The van der Waals surface area contributed by atoms with Crippen LogP contribution in [-0.2, 0) is 16.0 Å². The number of rotatable bonds is 6. The Kier molecular flexibility index (Phi) is 5.54. The molecule has 0 radical (unpaired) electrons. The first-order valence-electron chi connectivity index (χ1n) is 8.82. The van der Waals surface area contributed by atoms with Crippen molar-refractivity contribution in [3.05, 3.63) is 71.7 Å². The molecule has 0 saturated heterocycles. The van der Waals surface area contributed by atoms with E-state index in [1.165, 1.54) is 19.1 Å². The normalized spacial score (nSPS) is 13.1. The van der Waals surface area contributed by atoms with Gasteiger partial charge in [-0.05, 0) is 36.2 Å². The number of aromatic nitrogens is 1. The molecule has 0 saturated carbocycles. The van der Waals surface area contributed by atoms with Gasteiger partial charge in [-0.25, -0.2) is 4.39 Å². The third-order valence-electron chi connectivity index (χ3n) is 4.52. The molecule has 2 amide bonds. The maximum Gasteiger partial charge on any atom is 0.243 e. The first-order chi connectivity index (χ1) is 12.9. The summed E-state index contributed by atoms with van der Waals surface area (Å²) in [5.41, 5.74) is 2.72. The second kappa shape index (κ2) is 8.03. The van der Waals surface area contributed by atoms with Crippen LogP contribution in [0.15, 0.2) is 54.7 Å². The predicted octanol–water partition coefficient (Wildman–Crippen LogP) is 3.23. The van der Waals surface area contributed by atoms with E-state index in [1.54, 1.807) is 12.1 Å². The highest BCUT2D eigenvalue weighted by atomic mass is 19.1. The molecule has 6 heteroatoms. The van der Waals surface area contributed by atoms with Crippen molar-refractivity contribution in [2.45, 2.75) is 32.4 Å². The minimum atomic E-state index is -0.704. The Hall–Kier alpha value is -3.15. The molecule has 5 nitrogen and oxygen atoms in total. The molecule has 2 aromatic carbocycles. The summed E-state index contributed by atoms with van der Waals surface area (Å²) in [6.07, 6.45) is 2.22. The number of carbonyl (C=O) groups excluding carboxylic acids is 2. The van der Waals surface area contributed by atoms with Crippen molar-refractivity contribution >= 4 is 22.7 Å². The number of hydrogen-bond acceptors (Lipinski definition) is 2. The lowest BCUT2D eigenvalue weighted by Crippen LogP contribution is -2.47. The van der Waals surface area contributed by atoms with E-state index in [-0.39, 0.29) is 23.7 Å². The van der Waals surface area contributed by atoms with Crippen LogP contribution in [0, 0.1) is 5.82 Å². The van der Waals surface area contributed by atoms with Crippen molar-refractivity contribution < 1.29 is 14.0 Å². The molecule has 0 aliphatic carbocycles. The Morgan fingerprint density at radius 1 is 1.07 bits per heavy atom. The van der Waals surface area contributed by atoms with Crippen LogP contribution in [0.5, 0.6) is 0 Å². The summed E-state index contributed by atoms with van der Waals surface area (Å²) in [6, 6.07) is 12.8. The Labute approximate surface area is 157 Å². The Balaban J connectivity index is 1.76. The molecule has 27 heavy (non-hydrogen) atoms. The summed E-state index contributed by atoms with van der Waals surface area (Å²) in [7, 11) is 0. The third kappa shape index (κ3) is 4.53. The maximum atomic E-state index is 13.1. The molecular formula is C21H22FN3O2. The van der Waals surface area contributed by atoms with E-state index in [1.807, 2.05) is 37.4 Å². The highest BCUT2D eigenvalue weighted by Gasteiger charge is 2.23. The van der Waals surface area contributed by atoms with E-state index in [0.717, 1.165) is 22.0 Å². The zero-order valence-electron chi connectivity index (χ0n) is 15.3. The lowest BCUT2D eigenvalue weighted by atomic mass is 10.0. The van der Waals surface area contributed by atoms with Gasteiger partial charge in [0, 0.05) is 30.4 Å². The molecular weight excluding hydrogens is 345 g/mol. The van der Waals surface area contributed by atoms with Crippen LogP contribution in [-0.4, -0.2) is 22.8 Å². The summed E-state index contributed by atoms with van der Waals surface area (Å²) in [4.78, 5) is 27.6. The predicted molar refractivity (Wildman–Crippen MR) is 103 cm³/mol. The lowest BCUT2D eigenvalue weighted by Gasteiger charge is -2.21. The van der Waals surface area contributed by atoms with Crippen molar-refractivity contribution in [2.24, 2.45) is 0 Å². The highest BCUT2D eigenvalue weighted by Crippen LogP contribution is 2.20. The summed E-state index contributed by atoms with van der Waals surface area (Å²) in [5, 5.41) is 6.64. The smallest absolute Gasteiger partial charge is 0.243 e. The van der Waals surface area contributed by atoms with Crippen LogP contribution in [0.25, 0.3) is 10.9 Å². The van der Waals surface area contributed by atoms with E-state index in [9.17, 15) is 14.0 Å². The number of benzene rings is 2. The lowest BCUT2D eigenvalue weighted by molar-refractivity contribution is -0.128. The van der Waals surface area contributed by atoms with Crippen molar-refractivity contribution in [1.82, 2.24) is 15.6 Å². The highest BCUT2D eigenvalue weighted by molar-refractivity contribution is 5.89. The molecule has 140 valence electrons. The van der Waals surface area contributed by atoms with Crippen LogP contribution in [0.1, 0.15) is 31.0 Å². The Morgan fingerprint density at radius 2 is 1.78 bits per heavy atom. The maximum absolute atomic E-state index is 13.1. The number of aromatic amines is 1. The molecule has 0 aliphatic rings. The monoisotopic (exact) mass is 367 g/mol. The van der Waals surface area contributed by atoms with Crippen LogP contribution >= 0.6 is 0 Å². The van der Waals surface area contributed by atoms with E-state index in [0.29, 0.717) is 6.42 Å². The number of hydrogen-bond donors (Lipinski definition) is 3. The van der Waals surface area contributed by atoms with Crippen molar-refractivity contribution in [3.8, 4) is 0 Å². The number of nitrogens with one attached hydrogen (secondary N) is 3. The van der Waals surface area contributed by atoms with E-state index >= 15 is 0 Å². The van der Waals surface area contributed by atoms with Gasteiger partial charge in [0.05, 0.1) is 6.04 Å². The number of halogens is 1. The first kappa shape index (κ1) is 18.6. The van der Waals surface area contributed by atoms with Gasteiger partial charge in [-0.15, -0.1) is 0 Å².